The molecule has 3 rings (SSSR count). The highest BCUT2D eigenvalue weighted by Crippen LogP contribution is 2.36. The molecular formula is C24H30N4O5S2. The second-order valence-corrected chi connectivity index (χ2v) is 10.6. The van der Waals surface area contributed by atoms with Crippen molar-refractivity contribution in [2.45, 2.75) is 58.7 Å². The molecule has 2 unspecified atom stereocenters. The van der Waals surface area contributed by atoms with Gasteiger partial charge in [0.1, 0.15) is 21.8 Å². The van der Waals surface area contributed by atoms with Crippen LogP contribution >= 0.6 is 24.0 Å². The number of unbranched alkanes of at least 4 members (excludes halogenated alkanes) is 2. The number of carboxylic acid groups (broad SMARTS) is 1. The molecule has 2 fully saturated rings. The number of aromatic nitrogens is 1. The molecule has 0 spiro atoms. The minimum Gasteiger partial charge on any atom is -0.481 e. The van der Waals surface area contributed by atoms with Crippen molar-refractivity contribution in [3.8, 4) is 6.07 Å². The topological polar surface area (TPSA) is 116 Å². The number of hydrogen-bond donors (Lipinski definition) is 1. The van der Waals surface area contributed by atoms with Gasteiger partial charge < -0.3 is 14.7 Å². The van der Waals surface area contributed by atoms with Crippen LogP contribution in [-0.4, -0.2) is 62.6 Å². The van der Waals surface area contributed by atoms with Gasteiger partial charge in [-0.2, -0.15) is 5.26 Å². The van der Waals surface area contributed by atoms with Gasteiger partial charge in [0, 0.05) is 38.7 Å². The number of pyridine rings is 1. The van der Waals surface area contributed by atoms with E-state index < -0.39 is 5.97 Å². The summed E-state index contributed by atoms with van der Waals surface area (Å²) in [5.74, 6) is -0.408. The van der Waals surface area contributed by atoms with E-state index in [1.54, 1.807) is 20.0 Å². The van der Waals surface area contributed by atoms with E-state index in [0.717, 1.165) is 0 Å². The highest BCUT2D eigenvalue weighted by Gasteiger charge is 2.33. The van der Waals surface area contributed by atoms with Gasteiger partial charge in [-0.15, -0.1) is 0 Å². The van der Waals surface area contributed by atoms with E-state index >= 15 is 0 Å². The molecule has 1 N–H and O–H groups in total. The van der Waals surface area contributed by atoms with E-state index in [1.165, 1.54) is 21.2 Å². The maximum Gasteiger partial charge on any atom is 0.303 e. The second kappa shape index (κ2) is 11.4. The number of anilines is 1. The number of thiocarbonyl (C=S) groups is 1. The fraction of sp³-hybridized carbons (Fsp3) is 0.542. The molecule has 2 aliphatic rings. The van der Waals surface area contributed by atoms with Crippen molar-refractivity contribution >= 4 is 52.1 Å². The molecular weight excluding hydrogens is 488 g/mol. The fourth-order valence-electron chi connectivity index (χ4n) is 4.49. The van der Waals surface area contributed by atoms with E-state index in [0.29, 0.717) is 65.1 Å². The number of nitrogens with zero attached hydrogens (tertiary/aromatic N) is 4. The lowest BCUT2D eigenvalue weighted by molar-refractivity contribution is -0.137. The molecule has 0 radical (unpaired) electrons. The number of carbonyl (C=O) groups is 2. The van der Waals surface area contributed by atoms with Crippen molar-refractivity contribution in [2.75, 3.05) is 24.5 Å². The van der Waals surface area contributed by atoms with Crippen molar-refractivity contribution in [3.63, 3.8) is 0 Å². The zero-order chi connectivity index (χ0) is 25.9. The van der Waals surface area contributed by atoms with Gasteiger partial charge in [0.15, 0.2) is 0 Å². The average Bonchev–Trinajstić information content (AvgIpc) is 3.04. The Morgan fingerprint density at radius 3 is 2.51 bits per heavy atom. The van der Waals surface area contributed by atoms with E-state index in [2.05, 4.69) is 4.90 Å². The Hall–Kier alpha value is -2.68. The number of ether oxygens (including phenoxy) is 1. The van der Waals surface area contributed by atoms with Crippen LogP contribution in [0, 0.1) is 18.3 Å². The molecule has 0 bridgehead atoms. The summed E-state index contributed by atoms with van der Waals surface area (Å²) < 4.78 is 7.78. The predicted molar refractivity (Wildman–Crippen MR) is 139 cm³/mol. The zero-order valence-electron chi connectivity index (χ0n) is 20.4. The monoisotopic (exact) mass is 518 g/mol. The fourth-order valence-corrected chi connectivity index (χ4v) is 5.78. The molecule has 2 saturated heterocycles. The Labute approximate surface area is 214 Å². The molecule has 0 aliphatic carbocycles. The first-order valence-corrected chi connectivity index (χ1v) is 12.8. The molecule has 11 heteroatoms. The van der Waals surface area contributed by atoms with Gasteiger partial charge in [0.2, 0.25) is 0 Å². The van der Waals surface area contributed by atoms with E-state index in [9.17, 15) is 19.6 Å². The van der Waals surface area contributed by atoms with Crippen molar-refractivity contribution in [2.24, 2.45) is 7.05 Å². The molecule has 2 aliphatic heterocycles. The van der Waals surface area contributed by atoms with Crippen LogP contribution in [0.4, 0.5) is 5.82 Å². The summed E-state index contributed by atoms with van der Waals surface area (Å²) in [5.41, 5.74) is 0.840. The maximum atomic E-state index is 13.2. The molecule has 9 nitrogen and oxygen atoms in total. The van der Waals surface area contributed by atoms with Gasteiger partial charge in [0.05, 0.1) is 17.1 Å². The largest absolute Gasteiger partial charge is 0.481 e. The maximum absolute atomic E-state index is 13.2. The lowest BCUT2D eigenvalue weighted by Gasteiger charge is -2.38. The third-order valence-electron chi connectivity index (χ3n) is 6.11. The van der Waals surface area contributed by atoms with Crippen molar-refractivity contribution in [1.82, 2.24) is 9.47 Å². The summed E-state index contributed by atoms with van der Waals surface area (Å²) in [6.45, 7) is 7.23. The first-order chi connectivity index (χ1) is 16.5. The third-order valence-corrected chi connectivity index (χ3v) is 7.49. The SMILES string of the molecule is Cc1c(C=C2SC(=S)N(CCCCCC(=O)O)C2=O)c(N2CC(C)OC(C)C2)n(C)c(=O)c1C#N. The molecule has 188 valence electrons. The van der Waals surface area contributed by atoms with Crippen LogP contribution in [0.3, 0.4) is 0 Å². The van der Waals surface area contributed by atoms with Gasteiger partial charge in [-0.05, 0) is 45.3 Å². The number of hydrogen-bond acceptors (Lipinski definition) is 8. The summed E-state index contributed by atoms with van der Waals surface area (Å²) in [5, 5.41) is 18.4. The minimum absolute atomic E-state index is 0.0445. The lowest BCUT2D eigenvalue weighted by Crippen LogP contribution is -2.47. The lowest BCUT2D eigenvalue weighted by atomic mass is 10.0. The number of rotatable bonds is 8. The van der Waals surface area contributed by atoms with Crippen LogP contribution in [0.5, 0.6) is 0 Å². The molecule has 3 heterocycles. The van der Waals surface area contributed by atoms with E-state index in [1.807, 2.05) is 19.9 Å². The van der Waals surface area contributed by atoms with Crippen LogP contribution in [0.15, 0.2) is 9.70 Å². The molecule has 1 amide bonds. The Morgan fingerprint density at radius 1 is 1.26 bits per heavy atom. The average molecular weight is 519 g/mol. The summed E-state index contributed by atoms with van der Waals surface area (Å²) in [4.78, 5) is 40.9. The van der Waals surface area contributed by atoms with Crippen LogP contribution in [0.1, 0.15) is 56.2 Å². The molecule has 0 aromatic carbocycles. The van der Waals surface area contributed by atoms with Gasteiger partial charge in [-0.25, -0.2) is 0 Å². The highest BCUT2D eigenvalue weighted by molar-refractivity contribution is 8.26. The summed E-state index contributed by atoms with van der Waals surface area (Å²) in [7, 11) is 1.64. The number of aliphatic carboxylic acids is 1. The summed E-state index contributed by atoms with van der Waals surface area (Å²) in [6, 6.07) is 2.02. The van der Waals surface area contributed by atoms with E-state index in [4.69, 9.17) is 22.1 Å². The van der Waals surface area contributed by atoms with Crippen molar-refractivity contribution in [3.05, 3.63) is 31.9 Å². The first kappa shape index (κ1) is 26.9. The molecule has 35 heavy (non-hydrogen) atoms. The van der Waals surface area contributed by atoms with Gasteiger partial charge in [-0.3, -0.25) is 23.9 Å². The molecule has 0 saturated carbocycles. The number of amides is 1. The quantitative estimate of drug-likeness (QED) is 0.315. The minimum atomic E-state index is -0.831. The normalized spacial score (nSPS) is 21.6. The second-order valence-electron chi connectivity index (χ2n) is 8.91. The molecule has 1 aromatic heterocycles. The Morgan fingerprint density at radius 2 is 1.91 bits per heavy atom. The Balaban J connectivity index is 1.96. The van der Waals surface area contributed by atoms with Crippen LogP contribution in [-0.2, 0) is 21.4 Å². The number of carbonyl (C=O) groups excluding carboxylic acids is 1. The smallest absolute Gasteiger partial charge is 0.303 e. The third kappa shape index (κ3) is 5.94. The number of carboxylic acids is 1. The van der Waals surface area contributed by atoms with Gasteiger partial charge in [-0.1, -0.05) is 30.4 Å². The highest BCUT2D eigenvalue weighted by atomic mass is 32.2. The summed E-state index contributed by atoms with van der Waals surface area (Å²) >= 11 is 6.64. The predicted octanol–water partition coefficient (Wildman–Crippen LogP) is 3.03. The Kier molecular flexibility index (Phi) is 8.74. The zero-order valence-corrected chi connectivity index (χ0v) is 22.0. The number of thioether (sulfide) groups is 1. The molecule has 1 aromatic rings. The standard InChI is InChI=1S/C24H30N4O5S2/c1-14-12-27(13-15(2)33-14)21-17(16(3)18(11-25)22(31)26(21)4)10-19-23(32)28(24(34)35-19)9-7-5-6-8-20(29)30/h10,14-15H,5-9,12-13H2,1-4H3,(H,29,30). The van der Waals surface area contributed by atoms with Crippen molar-refractivity contribution in [1.29, 1.82) is 5.26 Å². The number of nitriles is 1. The van der Waals surface area contributed by atoms with Crippen LogP contribution in [0.2, 0.25) is 0 Å². The van der Waals surface area contributed by atoms with Gasteiger partial charge in [0.25, 0.3) is 11.5 Å². The Bertz CT molecular complexity index is 1160. The van der Waals surface area contributed by atoms with E-state index in [-0.39, 0.29) is 35.7 Å². The van der Waals surface area contributed by atoms with Crippen LogP contribution in [0.25, 0.3) is 6.08 Å². The first-order valence-electron chi connectivity index (χ1n) is 11.6. The summed E-state index contributed by atoms with van der Waals surface area (Å²) in [6.07, 6.45) is 3.64. The van der Waals surface area contributed by atoms with Crippen LogP contribution < -0.4 is 10.5 Å². The number of morpholine rings is 1. The van der Waals surface area contributed by atoms with Gasteiger partial charge >= 0.3 is 5.97 Å². The molecule has 2 atom stereocenters. The van der Waals surface area contributed by atoms with Crippen molar-refractivity contribution < 1.29 is 19.4 Å².